The molecule has 3 heterocycles. The lowest BCUT2D eigenvalue weighted by atomic mass is 9.64. The number of aryl methyl sites for hydroxylation is 2. The third-order valence-corrected chi connectivity index (χ3v) is 10.7. The normalized spacial score (nSPS) is 20.2. The first-order valence-electron chi connectivity index (χ1n) is 16.2. The number of hydrogen-bond acceptors (Lipinski definition) is 3. The first-order valence-corrected chi connectivity index (χ1v) is 16.2. The minimum absolute atomic E-state index is 0.328. The molecule has 0 N–H and O–H groups in total. The van der Waals surface area contributed by atoms with Crippen LogP contribution in [0.5, 0.6) is 11.5 Å². The van der Waals surface area contributed by atoms with Crippen LogP contribution in [-0.4, -0.2) is 19.3 Å². The van der Waals surface area contributed by atoms with Crippen LogP contribution in [0.1, 0.15) is 63.1 Å². The Morgan fingerprint density at radius 3 is 2.28 bits per heavy atom. The van der Waals surface area contributed by atoms with Gasteiger partial charge in [0.15, 0.2) is 0 Å². The molecule has 4 atom stereocenters. The fourth-order valence-electron chi connectivity index (χ4n) is 7.81. The number of benzene rings is 3. The Labute approximate surface area is 270 Å². The Balaban J connectivity index is 1.29. The average Bonchev–Trinajstić information content (AvgIpc) is 3.52. The Morgan fingerprint density at radius 1 is 0.739 bits per heavy atom. The van der Waals surface area contributed by atoms with E-state index in [1.54, 1.807) is 0 Å². The molecule has 0 fully saturated rings. The van der Waals surface area contributed by atoms with Crippen molar-refractivity contribution in [3.05, 3.63) is 118 Å². The van der Waals surface area contributed by atoms with Gasteiger partial charge >= 0.3 is 0 Å². The van der Waals surface area contributed by atoms with Gasteiger partial charge in [-0.15, -0.1) is 0 Å². The summed E-state index contributed by atoms with van der Waals surface area (Å²) in [4.78, 5) is 4.49. The zero-order valence-electron chi connectivity index (χ0n) is 27.9. The van der Waals surface area contributed by atoms with Crippen LogP contribution >= 0.6 is 0 Å². The predicted octanol–water partition coefficient (Wildman–Crippen LogP) is 10.6. The number of halogens is 1. The van der Waals surface area contributed by atoms with E-state index >= 15 is 0 Å². The van der Waals surface area contributed by atoms with Crippen molar-refractivity contribution in [2.24, 2.45) is 17.8 Å². The summed E-state index contributed by atoms with van der Waals surface area (Å²) in [5.41, 5.74) is 10.5. The van der Waals surface area contributed by atoms with Gasteiger partial charge in [0.25, 0.3) is 0 Å². The summed E-state index contributed by atoms with van der Waals surface area (Å²) in [5.74, 6) is 3.69. The molecule has 0 saturated carbocycles. The van der Waals surface area contributed by atoms with E-state index in [2.05, 4.69) is 89.3 Å². The zero-order chi connectivity index (χ0) is 32.4. The van der Waals surface area contributed by atoms with E-state index in [1.165, 1.54) is 40.7 Å². The van der Waals surface area contributed by atoms with Gasteiger partial charge in [-0.25, -0.2) is 14.1 Å². The van der Waals surface area contributed by atoms with Gasteiger partial charge in [-0.05, 0) is 94.3 Å². The van der Waals surface area contributed by atoms with E-state index in [9.17, 15) is 4.39 Å². The number of hydrogen-bond donors (Lipinski definition) is 0. The number of pyridine rings is 1. The molecule has 1 aliphatic carbocycles. The Kier molecular flexibility index (Phi) is 7.34. The lowest BCUT2D eigenvalue weighted by Gasteiger charge is -2.40. The van der Waals surface area contributed by atoms with Gasteiger partial charge in [-0.2, -0.15) is 5.10 Å². The van der Waals surface area contributed by atoms with Crippen molar-refractivity contribution in [1.29, 1.82) is 0 Å². The van der Waals surface area contributed by atoms with Crippen molar-refractivity contribution >= 4 is 21.8 Å². The van der Waals surface area contributed by atoms with Crippen molar-refractivity contribution in [2.75, 3.05) is 0 Å². The summed E-state index contributed by atoms with van der Waals surface area (Å²) >= 11 is 0. The molecule has 0 radical (unpaired) electrons. The molecule has 5 nitrogen and oxygen atoms in total. The van der Waals surface area contributed by atoms with Crippen molar-refractivity contribution in [3.63, 3.8) is 0 Å². The molecule has 0 bridgehead atoms. The highest BCUT2D eigenvalue weighted by Gasteiger charge is 2.38. The first kappa shape index (κ1) is 30.0. The average molecular weight is 613 g/mol. The number of allylic oxidation sites excluding steroid dienone is 2. The molecule has 0 spiro atoms. The quantitative estimate of drug-likeness (QED) is 0.182. The van der Waals surface area contributed by atoms with Crippen LogP contribution in [0.25, 0.3) is 33.3 Å². The Bertz CT molecular complexity index is 2170. The second kappa shape index (κ2) is 11.3. The monoisotopic (exact) mass is 612 g/mol. The number of para-hydroxylation sites is 1. The molecule has 234 valence electrons. The first-order chi connectivity index (χ1) is 22.0. The Morgan fingerprint density at radius 2 is 1.50 bits per heavy atom. The summed E-state index contributed by atoms with van der Waals surface area (Å²) < 4.78 is 24.9. The van der Waals surface area contributed by atoms with Gasteiger partial charge in [0, 0.05) is 52.3 Å². The van der Waals surface area contributed by atoms with E-state index in [0.29, 0.717) is 35.2 Å². The van der Waals surface area contributed by atoms with Gasteiger partial charge in [0.2, 0.25) is 0 Å². The van der Waals surface area contributed by atoms with Crippen molar-refractivity contribution in [1.82, 2.24) is 19.3 Å². The largest absolute Gasteiger partial charge is 0.457 e. The minimum Gasteiger partial charge on any atom is -0.457 e. The maximum Gasteiger partial charge on any atom is 0.140 e. The molecule has 1 unspecified atom stereocenters. The molecular weight excluding hydrogens is 571 g/mol. The summed E-state index contributed by atoms with van der Waals surface area (Å²) in [6.07, 6.45) is 1.50. The second-order valence-electron chi connectivity index (χ2n) is 13.3. The standard InChI is InChI=1S/C40H41FN4O/c1-22-17-31(45-29(8)40(28(7)43-45)39-26(5)24(3)23(2)25(4)27(39)6)20-33(18-22)46-32-13-14-35-34-11-9-10-12-36(34)44(37(35)21-32)38-19-30(41)15-16-42-38/h9-21,23-24,26,39H,1-8H3/t23?,24-,26-,39-/m0/s1. The van der Waals surface area contributed by atoms with E-state index in [1.807, 2.05) is 41.0 Å². The fourth-order valence-corrected chi connectivity index (χ4v) is 7.81. The highest BCUT2D eigenvalue weighted by Crippen LogP contribution is 2.48. The molecule has 0 aliphatic heterocycles. The van der Waals surface area contributed by atoms with Gasteiger partial charge in [0.1, 0.15) is 23.1 Å². The van der Waals surface area contributed by atoms with Crippen LogP contribution in [0.4, 0.5) is 4.39 Å². The molecule has 0 saturated heterocycles. The Hall–Kier alpha value is -4.71. The summed E-state index contributed by atoms with van der Waals surface area (Å²) in [6.45, 7) is 18.2. The van der Waals surface area contributed by atoms with Crippen LogP contribution in [-0.2, 0) is 0 Å². The molecule has 1 aliphatic rings. The highest BCUT2D eigenvalue weighted by molar-refractivity contribution is 6.09. The molecule has 0 amide bonds. The van der Waals surface area contributed by atoms with Crippen molar-refractivity contribution in [3.8, 4) is 23.0 Å². The van der Waals surface area contributed by atoms with E-state index in [-0.39, 0.29) is 5.82 Å². The predicted molar refractivity (Wildman–Crippen MR) is 185 cm³/mol. The zero-order valence-corrected chi connectivity index (χ0v) is 27.9. The van der Waals surface area contributed by atoms with Crippen LogP contribution in [0.3, 0.4) is 0 Å². The summed E-state index contributed by atoms with van der Waals surface area (Å²) in [7, 11) is 0. The molecular formula is C40H41FN4O. The second-order valence-corrected chi connectivity index (χ2v) is 13.3. The minimum atomic E-state index is -0.328. The maximum atomic E-state index is 14.3. The third kappa shape index (κ3) is 4.82. The molecule has 3 aromatic heterocycles. The number of fused-ring (bicyclic) bond motifs is 3. The third-order valence-electron chi connectivity index (χ3n) is 10.7. The van der Waals surface area contributed by atoms with Crippen molar-refractivity contribution < 1.29 is 9.13 Å². The lowest BCUT2D eigenvalue weighted by molar-refractivity contribution is 0.256. The SMILES string of the molecule is CC1=C(C)[C@@H](c2c(C)nn(-c3cc(C)cc(Oc4ccc5c6ccccc6n(-c6cc(F)ccn6)c5c4)c3)c2C)[C@@H](C)[C@@H](C)C1C. The molecule has 6 heteroatoms. The van der Waals surface area contributed by atoms with Gasteiger partial charge in [0.05, 0.1) is 22.4 Å². The van der Waals surface area contributed by atoms with Crippen LogP contribution < -0.4 is 4.74 Å². The molecule has 3 aromatic carbocycles. The summed E-state index contributed by atoms with van der Waals surface area (Å²) in [5, 5.41) is 7.22. The number of rotatable bonds is 5. The summed E-state index contributed by atoms with van der Waals surface area (Å²) in [6, 6.07) is 23.3. The smallest absolute Gasteiger partial charge is 0.140 e. The van der Waals surface area contributed by atoms with E-state index in [4.69, 9.17) is 9.84 Å². The molecule has 46 heavy (non-hydrogen) atoms. The maximum absolute atomic E-state index is 14.3. The highest BCUT2D eigenvalue weighted by atomic mass is 19.1. The van der Waals surface area contributed by atoms with E-state index in [0.717, 1.165) is 44.5 Å². The van der Waals surface area contributed by atoms with Crippen molar-refractivity contribution in [2.45, 2.75) is 61.3 Å². The van der Waals surface area contributed by atoms with Gasteiger partial charge in [-0.1, -0.05) is 50.1 Å². The van der Waals surface area contributed by atoms with Gasteiger partial charge < -0.3 is 4.74 Å². The molecule has 7 rings (SSSR count). The van der Waals surface area contributed by atoms with Crippen LogP contribution in [0.15, 0.2) is 90.1 Å². The fraction of sp³-hybridized carbons (Fsp3) is 0.300. The molecule has 6 aromatic rings. The topological polar surface area (TPSA) is 44.9 Å². The van der Waals surface area contributed by atoms with Crippen LogP contribution in [0, 0.1) is 44.3 Å². The van der Waals surface area contributed by atoms with Gasteiger partial charge in [-0.3, -0.25) is 4.57 Å². The van der Waals surface area contributed by atoms with Crippen LogP contribution in [0.2, 0.25) is 0 Å². The lowest BCUT2D eigenvalue weighted by Crippen LogP contribution is -2.30. The number of nitrogens with zero attached hydrogens (tertiary/aromatic N) is 4. The number of aromatic nitrogens is 4. The number of ether oxygens (including phenoxy) is 1. The van der Waals surface area contributed by atoms with E-state index < -0.39 is 0 Å².